The van der Waals surface area contributed by atoms with Crippen LogP contribution in [-0.4, -0.2) is 19.5 Å². The number of halogens is 1. The van der Waals surface area contributed by atoms with Crippen molar-refractivity contribution in [3.05, 3.63) is 65.7 Å². The Hall–Kier alpha value is -3.48. The van der Waals surface area contributed by atoms with Crippen LogP contribution in [0.1, 0.15) is 11.4 Å². The summed E-state index contributed by atoms with van der Waals surface area (Å²) >= 11 is 0. The Kier molecular flexibility index (Phi) is 3.76. The Morgan fingerprint density at radius 3 is 2.50 bits per heavy atom. The number of hydrogen-bond acceptors (Lipinski definition) is 5. The summed E-state index contributed by atoms with van der Waals surface area (Å²) < 4.78 is 15.4. The van der Waals surface area contributed by atoms with Crippen LogP contribution in [0.25, 0.3) is 17.0 Å². The van der Waals surface area contributed by atoms with Gasteiger partial charge in [-0.25, -0.2) is 9.37 Å². The molecule has 0 saturated carbocycles. The lowest BCUT2D eigenvalue weighted by Crippen LogP contribution is -2.07. The second-order valence-corrected chi connectivity index (χ2v) is 6.10. The quantitative estimate of drug-likeness (QED) is 0.587. The minimum Gasteiger partial charge on any atom is -0.383 e. The second kappa shape index (κ2) is 6.11. The summed E-state index contributed by atoms with van der Waals surface area (Å²) in [6.07, 6.45) is 0. The van der Waals surface area contributed by atoms with Gasteiger partial charge >= 0.3 is 0 Å². The van der Waals surface area contributed by atoms with Gasteiger partial charge in [-0.2, -0.15) is 9.97 Å². The number of benzene rings is 2. The third kappa shape index (κ3) is 2.95. The van der Waals surface area contributed by atoms with E-state index in [0.29, 0.717) is 34.4 Å². The SMILES string of the molecule is Cc1ccc(Nc2cc(N)nc(-n3c(C)nc4ccc(F)cc43)n2)cc1. The van der Waals surface area contributed by atoms with Crippen LogP contribution in [-0.2, 0) is 0 Å². The first-order chi connectivity index (χ1) is 12.5. The molecule has 0 saturated heterocycles. The van der Waals surface area contributed by atoms with E-state index >= 15 is 0 Å². The van der Waals surface area contributed by atoms with Gasteiger partial charge in [0.1, 0.15) is 23.3 Å². The maximum Gasteiger partial charge on any atom is 0.239 e. The number of nitrogens with two attached hydrogens (primary N) is 1. The van der Waals surface area contributed by atoms with Crippen LogP contribution >= 0.6 is 0 Å². The topological polar surface area (TPSA) is 81.6 Å². The number of aryl methyl sites for hydroxylation is 2. The number of anilines is 3. The van der Waals surface area contributed by atoms with Crippen LogP contribution in [0.5, 0.6) is 0 Å². The van der Waals surface area contributed by atoms with Crippen LogP contribution in [0.3, 0.4) is 0 Å². The molecule has 0 amide bonds. The summed E-state index contributed by atoms with van der Waals surface area (Å²) in [6.45, 7) is 3.84. The molecule has 6 nitrogen and oxygen atoms in total. The van der Waals surface area contributed by atoms with Gasteiger partial charge in [0.05, 0.1) is 11.0 Å². The van der Waals surface area contributed by atoms with Crippen molar-refractivity contribution in [2.24, 2.45) is 0 Å². The first kappa shape index (κ1) is 16.0. The van der Waals surface area contributed by atoms with Crippen LogP contribution in [0, 0.1) is 19.7 Å². The maximum atomic E-state index is 13.7. The van der Waals surface area contributed by atoms with E-state index in [1.807, 2.05) is 38.1 Å². The lowest BCUT2D eigenvalue weighted by molar-refractivity contribution is 0.629. The predicted molar refractivity (Wildman–Crippen MR) is 100 cm³/mol. The molecule has 4 aromatic rings. The van der Waals surface area contributed by atoms with E-state index in [1.165, 1.54) is 17.7 Å². The number of nitrogens with zero attached hydrogens (tertiary/aromatic N) is 4. The van der Waals surface area contributed by atoms with Crippen molar-refractivity contribution in [3.63, 3.8) is 0 Å². The van der Waals surface area contributed by atoms with Crippen molar-refractivity contribution in [2.45, 2.75) is 13.8 Å². The number of nitrogen functional groups attached to an aromatic ring is 1. The minimum absolute atomic E-state index is 0.308. The molecule has 4 rings (SSSR count). The third-order valence-electron chi connectivity index (χ3n) is 4.04. The number of aromatic nitrogens is 4. The van der Waals surface area contributed by atoms with Crippen molar-refractivity contribution >= 4 is 28.4 Å². The molecule has 7 heteroatoms. The molecule has 0 unspecified atom stereocenters. The van der Waals surface area contributed by atoms with Crippen molar-refractivity contribution < 1.29 is 4.39 Å². The molecule has 2 heterocycles. The van der Waals surface area contributed by atoms with E-state index in [1.54, 1.807) is 16.7 Å². The maximum absolute atomic E-state index is 13.7. The van der Waals surface area contributed by atoms with Gasteiger partial charge in [0.25, 0.3) is 0 Å². The van der Waals surface area contributed by atoms with Gasteiger partial charge in [0, 0.05) is 17.8 Å². The van der Waals surface area contributed by atoms with Gasteiger partial charge < -0.3 is 11.1 Å². The molecule has 130 valence electrons. The molecule has 0 aliphatic rings. The van der Waals surface area contributed by atoms with Crippen LogP contribution in [0.15, 0.2) is 48.5 Å². The van der Waals surface area contributed by atoms with E-state index in [9.17, 15) is 4.39 Å². The smallest absolute Gasteiger partial charge is 0.239 e. The predicted octanol–water partition coefficient (Wildman–Crippen LogP) is 3.90. The normalized spacial score (nSPS) is 11.0. The van der Waals surface area contributed by atoms with E-state index in [0.717, 1.165) is 5.69 Å². The first-order valence-corrected chi connectivity index (χ1v) is 8.13. The highest BCUT2D eigenvalue weighted by Crippen LogP contribution is 2.23. The average Bonchev–Trinajstić information content (AvgIpc) is 2.91. The Morgan fingerprint density at radius 2 is 1.73 bits per heavy atom. The first-order valence-electron chi connectivity index (χ1n) is 8.13. The molecular formula is C19H17FN6. The summed E-state index contributed by atoms with van der Waals surface area (Å²) in [5.74, 6) is 1.50. The average molecular weight is 348 g/mol. The van der Waals surface area contributed by atoms with Crippen molar-refractivity contribution in [2.75, 3.05) is 11.1 Å². The molecule has 2 aromatic heterocycles. The zero-order valence-corrected chi connectivity index (χ0v) is 14.4. The zero-order valence-electron chi connectivity index (χ0n) is 14.4. The fourth-order valence-electron chi connectivity index (χ4n) is 2.82. The largest absolute Gasteiger partial charge is 0.383 e. The molecule has 0 aliphatic carbocycles. The Morgan fingerprint density at radius 1 is 0.962 bits per heavy atom. The molecule has 0 radical (unpaired) electrons. The molecule has 2 aromatic carbocycles. The molecule has 3 N–H and O–H groups in total. The highest BCUT2D eigenvalue weighted by atomic mass is 19.1. The van der Waals surface area contributed by atoms with Crippen LogP contribution in [0.4, 0.5) is 21.7 Å². The summed E-state index contributed by atoms with van der Waals surface area (Å²) in [7, 11) is 0. The van der Waals surface area contributed by atoms with Crippen molar-refractivity contribution in [3.8, 4) is 5.95 Å². The number of imidazole rings is 1. The van der Waals surface area contributed by atoms with Crippen molar-refractivity contribution in [1.82, 2.24) is 19.5 Å². The Bertz CT molecular complexity index is 1100. The number of nitrogens with one attached hydrogen (secondary N) is 1. The fraction of sp³-hybridized carbons (Fsp3) is 0.105. The highest BCUT2D eigenvalue weighted by Gasteiger charge is 2.14. The lowest BCUT2D eigenvalue weighted by Gasteiger charge is -2.10. The van der Waals surface area contributed by atoms with Gasteiger partial charge in [0.15, 0.2) is 0 Å². The Balaban J connectivity index is 1.80. The van der Waals surface area contributed by atoms with Gasteiger partial charge in [-0.3, -0.25) is 4.57 Å². The van der Waals surface area contributed by atoms with Gasteiger partial charge in [0.2, 0.25) is 5.95 Å². The summed E-state index contributed by atoms with van der Waals surface area (Å²) in [6, 6.07) is 14.0. The summed E-state index contributed by atoms with van der Waals surface area (Å²) in [5, 5.41) is 3.21. The van der Waals surface area contributed by atoms with E-state index in [4.69, 9.17) is 5.73 Å². The highest BCUT2D eigenvalue weighted by molar-refractivity contribution is 5.78. The number of rotatable bonds is 3. The van der Waals surface area contributed by atoms with Crippen LogP contribution < -0.4 is 11.1 Å². The second-order valence-electron chi connectivity index (χ2n) is 6.10. The molecule has 0 atom stereocenters. The third-order valence-corrected chi connectivity index (χ3v) is 4.04. The molecule has 26 heavy (non-hydrogen) atoms. The minimum atomic E-state index is -0.347. The lowest BCUT2D eigenvalue weighted by atomic mass is 10.2. The van der Waals surface area contributed by atoms with E-state index in [2.05, 4.69) is 20.3 Å². The van der Waals surface area contributed by atoms with Gasteiger partial charge in [-0.05, 0) is 38.1 Å². The fourth-order valence-corrected chi connectivity index (χ4v) is 2.82. The number of hydrogen-bond donors (Lipinski definition) is 2. The molecule has 0 fully saturated rings. The Labute approximate surface area is 149 Å². The molecular weight excluding hydrogens is 331 g/mol. The number of fused-ring (bicyclic) bond motifs is 1. The summed E-state index contributed by atoms with van der Waals surface area (Å²) in [5.41, 5.74) is 9.28. The molecule has 0 bridgehead atoms. The molecule has 0 spiro atoms. The van der Waals surface area contributed by atoms with E-state index < -0.39 is 0 Å². The van der Waals surface area contributed by atoms with E-state index in [-0.39, 0.29) is 5.82 Å². The van der Waals surface area contributed by atoms with Gasteiger partial charge in [-0.1, -0.05) is 17.7 Å². The van der Waals surface area contributed by atoms with Crippen LogP contribution in [0.2, 0.25) is 0 Å². The van der Waals surface area contributed by atoms with Gasteiger partial charge in [-0.15, -0.1) is 0 Å². The zero-order chi connectivity index (χ0) is 18.3. The summed E-state index contributed by atoms with van der Waals surface area (Å²) in [4.78, 5) is 13.3. The van der Waals surface area contributed by atoms with Crippen molar-refractivity contribution in [1.29, 1.82) is 0 Å². The molecule has 0 aliphatic heterocycles. The standard InChI is InChI=1S/C19H17FN6/c1-11-3-6-14(7-4-11)23-18-10-17(21)24-19(25-18)26-12(2)22-15-8-5-13(20)9-16(15)26/h3-10H,1-2H3,(H3,21,23,24,25). The monoisotopic (exact) mass is 348 g/mol.